The minimum Gasteiger partial charge on any atom is -0.394 e. The van der Waals surface area contributed by atoms with Crippen molar-refractivity contribution in [2.24, 2.45) is 0 Å². The molecule has 0 aliphatic rings. The average Bonchev–Trinajstić information content (AvgIpc) is 2.30. The molecular weight excluding hydrogens is 268 g/mol. The van der Waals surface area contributed by atoms with Crippen molar-refractivity contribution in [2.45, 2.75) is 12.2 Å². The quantitative estimate of drug-likeness (QED) is 0.318. The topological polar surface area (TPSA) is 123 Å². The first-order chi connectivity index (χ1) is 8.39. The lowest BCUT2D eigenvalue weighted by molar-refractivity contribution is -0.0550. The highest BCUT2D eigenvalue weighted by Gasteiger charge is 2.15. The van der Waals surface area contributed by atoms with Gasteiger partial charge in [0.1, 0.15) is 12.2 Å². The summed E-state index contributed by atoms with van der Waals surface area (Å²) in [5.74, 6) is 0. The van der Waals surface area contributed by atoms with Gasteiger partial charge in [-0.15, -0.1) is 6.58 Å². The van der Waals surface area contributed by atoms with Gasteiger partial charge in [0, 0.05) is 0 Å². The Morgan fingerprint density at radius 1 is 1.28 bits per heavy atom. The van der Waals surface area contributed by atoms with Gasteiger partial charge in [-0.1, -0.05) is 6.08 Å². The minimum atomic E-state index is -4.54. The zero-order valence-electron chi connectivity index (χ0n) is 9.77. The van der Waals surface area contributed by atoms with E-state index in [0.717, 1.165) is 0 Å². The van der Waals surface area contributed by atoms with Crippen LogP contribution in [0, 0.1) is 0 Å². The van der Waals surface area contributed by atoms with Crippen molar-refractivity contribution < 1.29 is 36.8 Å². The second-order valence-corrected chi connectivity index (χ2v) is 4.42. The van der Waals surface area contributed by atoms with Crippen LogP contribution in [0.25, 0.3) is 0 Å². The largest absolute Gasteiger partial charge is 0.397 e. The maximum absolute atomic E-state index is 10.4. The van der Waals surface area contributed by atoms with E-state index in [1.165, 1.54) is 6.08 Å². The number of ether oxygens (including phenoxy) is 2. The van der Waals surface area contributed by atoms with Gasteiger partial charge in [0.25, 0.3) is 0 Å². The van der Waals surface area contributed by atoms with Gasteiger partial charge in [0.2, 0.25) is 0 Å². The van der Waals surface area contributed by atoms with Crippen LogP contribution in [-0.2, 0) is 24.1 Å². The number of rotatable bonds is 11. The molecule has 18 heavy (non-hydrogen) atoms. The molecule has 9 heteroatoms. The van der Waals surface area contributed by atoms with Crippen molar-refractivity contribution in [2.75, 3.05) is 33.0 Å². The molecule has 0 radical (unpaired) electrons. The Morgan fingerprint density at radius 2 is 1.94 bits per heavy atom. The molecule has 2 atom stereocenters. The van der Waals surface area contributed by atoms with Crippen LogP contribution in [0.15, 0.2) is 12.7 Å². The Bertz CT molecular complexity index is 315. The van der Waals surface area contributed by atoms with Gasteiger partial charge < -0.3 is 19.7 Å². The Kier molecular flexibility index (Phi) is 9.10. The van der Waals surface area contributed by atoms with E-state index in [4.69, 9.17) is 24.2 Å². The molecule has 8 nitrogen and oxygen atoms in total. The van der Waals surface area contributed by atoms with E-state index in [2.05, 4.69) is 10.8 Å². The van der Waals surface area contributed by atoms with E-state index >= 15 is 0 Å². The molecule has 0 bridgehead atoms. The molecule has 0 heterocycles. The summed E-state index contributed by atoms with van der Waals surface area (Å²) in [6, 6.07) is 0. The summed E-state index contributed by atoms with van der Waals surface area (Å²) in [6.45, 7) is 2.49. The summed E-state index contributed by atoms with van der Waals surface area (Å²) in [5.41, 5.74) is 0. The highest BCUT2D eigenvalue weighted by atomic mass is 32.3. The van der Waals surface area contributed by atoms with Gasteiger partial charge in [-0.05, 0) is 0 Å². The lowest BCUT2D eigenvalue weighted by Crippen LogP contribution is -2.30. The third-order valence-electron chi connectivity index (χ3n) is 1.68. The van der Waals surface area contributed by atoms with Crippen LogP contribution >= 0.6 is 0 Å². The summed E-state index contributed by atoms with van der Waals surface area (Å²) in [7, 11) is -4.54. The highest BCUT2D eigenvalue weighted by molar-refractivity contribution is 7.80. The standard InChI is InChI=1S/C9H18O8S/c1-2-3-16-9(7-17-18(12,13)14)6-15-5-8(11)4-10/h2,8-11H,1,3-7H2,(H,12,13,14). The molecule has 0 aliphatic heterocycles. The van der Waals surface area contributed by atoms with Crippen molar-refractivity contribution in [3.05, 3.63) is 12.7 Å². The van der Waals surface area contributed by atoms with E-state index in [-0.39, 0.29) is 19.8 Å². The van der Waals surface area contributed by atoms with Crippen molar-refractivity contribution in [1.29, 1.82) is 0 Å². The third-order valence-corrected chi connectivity index (χ3v) is 2.11. The van der Waals surface area contributed by atoms with Crippen molar-refractivity contribution in [3.63, 3.8) is 0 Å². The van der Waals surface area contributed by atoms with Gasteiger partial charge in [-0.25, -0.2) is 4.18 Å². The fourth-order valence-electron chi connectivity index (χ4n) is 0.899. The fraction of sp³-hybridized carbons (Fsp3) is 0.778. The summed E-state index contributed by atoms with van der Waals surface area (Å²) in [6.07, 6.45) is -0.327. The van der Waals surface area contributed by atoms with Crippen LogP contribution in [0.3, 0.4) is 0 Å². The maximum atomic E-state index is 10.4. The summed E-state index contributed by atoms with van der Waals surface area (Å²) < 4.78 is 43.4. The Labute approximate surface area is 106 Å². The maximum Gasteiger partial charge on any atom is 0.397 e. The van der Waals surface area contributed by atoms with Crippen molar-refractivity contribution >= 4 is 10.4 Å². The molecule has 0 spiro atoms. The molecule has 0 fully saturated rings. The molecule has 0 amide bonds. The molecule has 0 rings (SSSR count). The number of hydrogen-bond donors (Lipinski definition) is 3. The smallest absolute Gasteiger partial charge is 0.394 e. The van der Waals surface area contributed by atoms with E-state index < -0.39 is 35.8 Å². The van der Waals surface area contributed by atoms with E-state index in [1.807, 2.05) is 0 Å². The first-order valence-electron chi connectivity index (χ1n) is 5.10. The normalized spacial score (nSPS) is 15.3. The Balaban J connectivity index is 4.02. The zero-order valence-corrected chi connectivity index (χ0v) is 10.6. The first-order valence-corrected chi connectivity index (χ1v) is 6.46. The highest BCUT2D eigenvalue weighted by Crippen LogP contribution is 1.99. The van der Waals surface area contributed by atoms with Crippen molar-refractivity contribution in [1.82, 2.24) is 0 Å². The molecule has 0 aromatic heterocycles. The minimum absolute atomic E-state index is 0.0690. The SMILES string of the molecule is C=CCOC(COCC(O)CO)COS(=O)(=O)O. The van der Waals surface area contributed by atoms with Crippen LogP contribution < -0.4 is 0 Å². The van der Waals surface area contributed by atoms with Gasteiger partial charge in [0.05, 0.1) is 33.0 Å². The molecule has 0 aromatic carbocycles. The fourth-order valence-corrected chi connectivity index (χ4v) is 1.22. The van der Waals surface area contributed by atoms with Gasteiger partial charge >= 0.3 is 10.4 Å². The number of aliphatic hydroxyl groups excluding tert-OH is 2. The summed E-state index contributed by atoms with van der Waals surface area (Å²) in [4.78, 5) is 0. The van der Waals surface area contributed by atoms with Crippen LogP contribution in [0.4, 0.5) is 0 Å². The van der Waals surface area contributed by atoms with Gasteiger partial charge in [0.15, 0.2) is 0 Å². The monoisotopic (exact) mass is 286 g/mol. The number of aliphatic hydroxyl groups is 2. The predicted molar refractivity (Wildman–Crippen MR) is 61.3 cm³/mol. The van der Waals surface area contributed by atoms with Crippen LogP contribution in [0.1, 0.15) is 0 Å². The van der Waals surface area contributed by atoms with Crippen LogP contribution in [0.2, 0.25) is 0 Å². The zero-order chi connectivity index (χ0) is 14.0. The van der Waals surface area contributed by atoms with Gasteiger partial charge in [-0.3, -0.25) is 4.55 Å². The lowest BCUT2D eigenvalue weighted by atomic mass is 10.4. The first kappa shape index (κ1) is 17.4. The molecule has 3 N–H and O–H groups in total. The van der Waals surface area contributed by atoms with E-state index in [0.29, 0.717) is 0 Å². The average molecular weight is 286 g/mol. The van der Waals surface area contributed by atoms with E-state index in [1.54, 1.807) is 0 Å². The third kappa shape index (κ3) is 10.6. The van der Waals surface area contributed by atoms with Crippen LogP contribution in [0.5, 0.6) is 0 Å². The molecule has 0 saturated carbocycles. The Morgan fingerprint density at radius 3 is 2.44 bits per heavy atom. The molecular formula is C9H18O8S. The molecule has 108 valence electrons. The molecule has 0 saturated heterocycles. The lowest BCUT2D eigenvalue weighted by Gasteiger charge is -2.17. The number of hydrogen-bond acceptors (Lipinski definition) is 7. The second kappa shape index (κ2) is 9.39. The van der Waals surface area contributed by atoms with E-state index in [9.17, 15) is 8.42 Å². The summed E-state index contributed by atoms with van der Waals surface area (Å²) in [5, 5.41) is 17.5. The molecule has 0 aliphatic carbocycles. The Hall–Kier alpha value is -0.550. The molecule has 2 unspecified atom stereocenters. The second-order valence-electron chi connectivity index (χ2n) is 3.33. The predicted octanol–water partition coefficient (Wildman–Crippen LogP) is -1.25. The molecule has 0 aromatic rings. The van der Waals surface area contributed by atoms with Crippen LogP contribution in [-0.4, -0.2) is 68.4 Å². The van der Waals surface area contributed by atoms with Gasteiger partial charge in [-0.2, -0.15) is 8.42 Å². The summed E-state index contributed by atoms with van der Waals surface area (Å²) >= 11 is 0. The van der Waals surface area contributed by atoms with Crippen molar-refractivity contribution in [3.8, 4) is 0 Å².